The maximum Gasteiger partial charge on any atom is 0.230 e. The number of amides is 1. The highest BCUT2D eigenvalue weighted by molar-refractivity contribution is 5.88. The van der Waals surface area contributed by atoms with Gasteiger partial charge >= 0.3 is 0 Å². The molecule has 0 aliphatic rings. The molecule has 6 heteroatoms. The Kier molecular flexibility index (Phi) is 6.54. The molecule has 0 aliphatic carbocycles. The van der Waals surface area contributed by atoms with Crippen LogP contribution in [0.25, 0.3) is 10.8 Å². The topological polar surface area (TPSA) is 61.5 Å². The largest absolute Gasteiger partial charge is 0.497 e. The van der Waals surface area contributed by atoms with Gasteiger partial charge in [0.2, 0.25) is 5.91 Å². The third kappa shape index (κ3) is 5.15. The first-order valence-electron chi connectivity index (χ1n) is 9.89. The highest BCUT2D eigenvalue weighted by Crippen LogP contribution is 2.26. The third-order valence-corrected chi connectivity index (χ3v) is 5.19. The molecule has 0 saturated carbocycles. The lowest BCUT2D eigenvalue weighted by Gasteiger charge is -2.27. The molecule has 3 aromatic rings. The first-order chi connectivity index (χ1) is 13.9. The van der Waals surface area contributed by atoms with E-state index in [1.165, 1.54) is 0 Å². The molecule has 0 spiro atoms. The molecule has 2 aromatic carbocycles. The summed E-state index contributed by atoms with van der Waals surface area (Å²) < 4.78 is 5.30. The van der Waals surface area contributed by atoms with Gasteiger partial charge in [0, 0.05) is 13.1 Å². The van der Waals surface area contributed by atoms with E-state index in [0.29, 0.717) is 13.1 Å². The minimum absolute atomic E-state index is 0.118. The number of aromatic nitrogens is 2. The molecule has 0 radical (unpaired) electrons. The zero-order chi connectivity index (χ0) is 21.0. The number of hydrogen-bond donors (Lipinski definition) is 1. The van der Waals surface area contributed by atoms with Crippen molar-refractivity contribution in [2.24, 2.45) is 0 Å². The maximum atomic E-state index is 13.4. The van der Waals surface area contributed by atoms with Gasteiger partial charge in [-0.3, -0.25) is 4.79 Å². The van der Waals surface area contributed by atoms with Crippen molar-refractivity contribution in [1.82, 2.24) is 19.8 Å². The molecule has 154 valence electrons. The number of imidazole rings is 1. The van der Waals surface area contributed by atoms with Crippen molar-refractivity contribution in [2.75, 3.05) is 34.3 Å². The zero-order valence-electron chi connectivity index (χ0n) is 17.9. The fourth-order valence-corrected chi connectivity index (χ4v) is 3.40. The van der Waals surface area contributed by atoms with Crippen LogP contribution < -0.4 is 4.74 Å². The van der Waals surface area contributed by atoms with E-state index >= 15 is 0 Å². The molecule has 1 unspecified atom stereocenters. The van der Waals surface area contributed by atoms with E-state index < -0.39 is 0 Å². The van der Waals surface area contributed by atoms with Crippen molar-refractivity contribution in [2.45, 2.75) is 26.3 Å². The summed E-state index contributed by atoms with van der Waals surface area (Å²) >= 11 is 0. The van der Waals surface area contributed by atoms with Crippen LogP contribution in [0.1, 0.15) is 29.9 Å². The second kappa shape index (κ2) is 9.09. The smallest absolute Gasteiger partial charge is 0.230 e. The summed E-state index contributed by atoms with van der Waals surface area (Å²) in [4.78, 5) is 24.9. The van der Waals surface area contributed by atoms with Gasteiger partial charge in [0.15, 0.2) is 0 Å². The summed E-state index contributed by atoms with van der Waals surface area (Å²) in [5, 5.41) is 2.21. The Bertz CT molecular complexity index is 980. The highest BCUT2D eigenvalue weighted by atomic mass is 16.5. The van der Waals surface area contributed by atoms with Crippen LogP contribution in [-0.4, -0.2) is 60.0 Å². The van der Waals surface area contributed by atoms with Gasteiger partial charge in [-0.2, -0.15) is 0 Å². The molecular formula is C23H30N4O2. The molecule has 1 heterocycles. The number of aryl methyl sites for hydroxylation is 1. The summed E-state index contributed by atoms with van der Waals surface area (Å²) in [6.07, 6.45) is 1.80. The number of nitrogens with zero attached hydrogens (tertiary/aromatic N) is 3. The van der Waals surface area contributed by atoms with Crippen molar-refractivity contribution in [3.8, 4) is 5.75 Å². The monoisotopic (exact) mass is 394 g/mol. The van der Waals surface area contributed by atoms with Crippen molar-refractivity contribution in [3.05, 3.63) is 59.7 Å². The van der Waals surface area contributed by atoms with Crippen LogP contribution in [0.2, 0.25) is 0 Å². The molecule has 1 atom stereocenters. The number of likely N-dealkylation sites (N-methyl/N-ethyl adjacent to an activating group) is 1. The quantitative estimate of drug-likeness (QED) is 0.634. The number of carbonyl (C=O) groups excluding carboxylic acids is 1. The number of ether oxygens (including phenoxy) is 1. The van der Waals surface area contributed by atoms with E-state index in [1.54, 1.807) is 13.3 Å². The van der Waals surface area contributed by atoms with Gasteiger partial charge < -0.3 is 19.5 Å². The van der Waals surface area contributed by atoms with Crippen LogP contribution in [0.3, 0.4) is 0 Å². The SMILES string of the molecule is COc1ccc2cc(C(C)C(=O)N(CCN(C)C)Cc3cnc(C)[nH]3)ccc2c1. The van der Waals surface area contributed by atoms with Crippen molar-refractivity contribution < 1.29 is 9.53 Å². The van der Waals surface area contributed by atoms with E-state index in [0.717, 1.165) is 40.1 Å². The number of hydrogen-bond acceptors (Lipinski definition) is 4. The van der Waals surface area contributed by atoms with Crippen molar-refractivity contribution >= 4 is 16.7 Å². The lowest BCUT2D eigenvalue weighted by molar-refractivity contribution is -0.133. The number of fused-ring (bicyclic) bond motifs is 1. The lowest BCUT2D eigenvalue weighted by Crippen LogP contribution is -2.38. The second-order valence-corrected chi connectivity index (χ2v) is 7.75. The standard InChI is InChI=1S/C23H30N4O2/c1-16(18-6-7-20-13-22(29-5)9-8-19(20)12-18)23(28)27(11-10-26(3)4)15-21-14-24-17(2)25-21/h6-9,12-14,16H,10-11,15H2,1-5H3,(H,24,25). The average molecular weight is 395 g/mol. The van der Waals surface area contributed by atoms with E-state index in [9.17, 15) is 4.79 Å². The van der Waals surface area contributed by atoms with Gasteiger partial charge in [0.1, 0.15) is 11.6 Å². The molecule has 0 fully saturated rings. The summed E-state index contributed by atoms with van der Waals surface area (Å²) in [6.45, 7) is 5.90. The average Bonchev–Trinajstić information content (AvgIpc) is 3.13. The maximum absolute atomic E-state index is 13.4. The van der Waals surface area contributed by atoms with E-state index in [1.807, 2.05) is 57.1 Å². The number of benzene rings is 2. The number of methoxy groups -OCH3 is 1. The van der Waals surface area contributed by atoms with Gasteiger partial charge in [-0.1, -0.05) is 24.3 Å². The normalized spacial score (nSPS) is 12.3. The summed E-state index contributed by atoms with van der Waals surface area (Å²) in [5.41, 5.74) is 1.97. The number of carbonyl (C=O) groups is 1. The molecule has 0 aliphatic heterocycles. The number of nitrogens with one attached hydrogen (secondary N) is 1. The van der Waals surface area contributed by atoms with Crippen molar-refractivity contribution in [1.29, 1.82) is 0 Å². The Hall–Kier alpha value is -2.86. The van der Waals surface area contributed by atoms with Crippen LogP contribution >= 0.6 is 0 Å². The van der Waals surface area contributed by atoms with E-state index in [-0.39, 0.29) is 11.8 Å². The van der Waals surface area contributed by atoms with Crippen molar-refractivity contribution in [3.63, 3.8) is 0 Å². The van der Waals surface area contributed by atoms with E-state index in [4.69, 9.17) is 4.74 Å². The van der Waals surface area contributed by atoms with Gasteiger partial charge in [0.05, 0.1) is 31.5 Å². The minimum atomic E-state index is -0.229. The second-order valence-electron chi connectivity index (χ2n) is 7.75. The van der Waals surface area contributed by atoms with Gasteiger partial charge in [0.25, 0.3) is 0 Å². The molecule has 0 saturated heterocycles. The van der Waals surface area contributed by atoms with Gasteiger partial charge in [-0.25, -0.2) is 4.98 Å². The van der Waals surface area contributed by atoms with Crippen LogP contribution in [0.4, 0.5) is 0 Å². The highest BCUT2D eigenvalue weighted by Gasteiger charge is 2.23. The number of rotatable bonds is 8. The molecule has 3 rings (SSSR count). The van der Waals surface area contributed by atoms with E-state index in [2.05, 4.69) is 27.0 Å². The Morgan fingerprint density at radius 3 is 2.52 bits per heavy atom. The number of H-pyrrole nitrogens is 1. The predicted molar refractivity (Wildman–Crippen MR) is 116 cm³/mol. The lowest BCUT2D eigenvalue weighted by atomic mass is 9.96. The first-order valence-corrected chi connectivity index (χ1v) is 9.89. The van der Waals surface area contributed by atoms with Gasteiger partial charge in [-0.15, -0.1) is 0 Å². The van der Waals surface area contributed by atoms with Gasteiger partial charge in [-0.05, 0) is 56.4 Å². The Balaban J connectivity index is 1.82. The summed E-state index contributed by atoms with van der Waals surface area (Å²) in [6, 6.07) is 12.2. The molecule has 1 N–H and O–H groups in total. The molecule has 1 aromatic heterocycles. The fraction of sp³-hybridized carbons (Fsp3) is 0.391. The van der Waals surface area contributed by atoms with Crippen LogP contribution in [0.5, 0.6) is 5.75 Å². The Morgan fingerprint density at radius 2 is 1.86 bits per heavy atom. The molecule has 0 bridgehead atoms. The summed E-state index contributed by atoms with van der Waals surface area (Å²) in [5.74, 6) is 1.58. The van der Waals surface area contributed by atoms with Crippen LogP contribution in [-0.2, 0) is 11.3 Å². The summed E-state index contributed by atoms with van der Waals surface area (Å²) in [7, 11) is 5.70. The number of aromatic amines is 1. The Labute approximate surface area is 172 Å². The minimum Gasteiger partial charge on any atom is -0.497 e. The molecular weight excluding hydrogens is 364 g/mol. The van der Waals surface area contributed by atoms with Crippen LogP contribution in [0.15, 0.2) is 42.6 Å². The third-order valence-electron chi connectivity index (χ3n) is 5.19. The predicted octanol–water partition coefficient (Wildman–Crippen LogP) is 3.57. The zero-order valence-corrected chi connectivity index (χ0v) is 17.9. The molecule has 1 amide bonds. The van der Waals surface area contributed by atoms with Crippen LogP contribution in [0, 0.1) is 6.92 Å². The first kappa shape index (κ1) is 20.9. The molecule has 29 heavy (non-hydrogen) atoms. The fourth-order valence-electron chi connectivity index (χ4n) is 3.40. The Morgan fingerprint density at radius 1 is 1.14 bits per heavy atom. The molecule has 6 nitrogen and oxygen atoms in total.